The lowest BCUT2D eigenvalue weighted by molar-refractivity contribution is -0.122. The summed E-state index contributed by atoms with van der Waals surface area (Å²) in [4.78, 5) is 31.9. The summed E-state index contributed by atoms with van der Waals surface area (Å²) < 4.78 is 8.27. The zero-order valence-electron chi connectivity index (χ0n) is 16.3. The smallest absolute Gasteiger partial charge is 0.264 e. The van der Waals surface area contributed by atoms with Crippen LogP contribution in [-0.2, 0) is 23.1 Å². The van der Waals surface area contributed by atoms with Gasteiger partial charge in [0.15, 0.2) is 5.65 Å². The van der Waals surface area contributed by atoms with Crippen LogP contribution in [0.5, 0.6) is 0 Å². The van der Waals surface area contributed by atoms with Crippen LogP contribution >= 0.6 is 0 Å². The van der Waals surface area contributed by atoms with E-state index < -0.39 is 0 Å². The molecule has 4 rings (SSSR count). The van der Waals surface area contributed by atoms with E-state index in [9.17, 15) is 9.59 Å². The zero-order chi connectivity index (χ0) is 20.2. The van der Waals surface area contributed by atoms with Crippen LogP contribution in [0, 0.1) is 0 Å². The summed E-state index contributed by atoms with van der Waals surface area (Å²) in [5.41, 5.74) is 1.25. The van der Waals surface area contributed by atoms with Crippen molar-refractivity contribution in [3.05, 3.63) is 58.8 Å². The molecule has 0 spiro atoms. The first-order valence-electron chi connectivity index (χ1n) is 9.63. The van der Waals surface area contributed by atoms with E-state index >= 15 is 0 Å². The van der Waals surface area contributed by atoms with Crippen LogP contribution < -0.4 is 10.9 Å². The number of amides is 1. The highest BCUT2D eigenvalue weighted by molar-refractivity contribution is 5.77. The Hall–Kier alpha value is -3.04. The van der Waals surface area contributed by atoms with Gasteiger partial charge in [-0.25, -0.2) is 4.98 Å². The molecule has 3 heterocycles. The van der Waals surface area contributed by atoms with Gasteiger partial charge < -0.3 is 10.1 Å². The number of carbonyl (C=O) groups is 1. The Bertz CT molecular complexity index is 1040. The third-order valence-corrected chi connectivity index (χ3v) is 5.11. The topological polar surface area (TPSA) is 94.3 Å². The standard InChI is InChI=1S/C20H24N6O3/c1-24-19-16(11-22-24)20(28)26(14-21-19)13-18(27)23-17(15-5-3-2-4-6-15)12-25-7-9-29-10-8-25/h2-6,11,14,17H,7-10,12-13H2,1H3,(H,23,27). The van der Waals surface area contributed by atoms with Crippen LogP contribution in [0.4, 0.5) is 0 Å². The van der Waals surface area contributed by atoms with E-state index in [1.54, 1.807) is 7.05 Å². The molecule has 9 heteroatoms. The van der Waals surface area contributed by atoms with Crippen molar-refractivity contribution in [3.8, 4) is 0 Å². The molecule has 29 heavy (non-hydrogen) atoms. The lowest BCUT2D eigenvalue weighted by Gasteiger charge is -2.31. The molecule has 0 saturated carbocycles. The lowest BCUT2D eigenvalue weighted by atomic mass is 10.1. The van der Waals surface area contributed by atoms with Gasteiger partial charge in [-0.05, 0) is 5.56 Å². The SMILES string of the molecule is Cn1ncc2c(=O)n(CC(=O)NC(CN3CCOCC3)c3ccccc3)cnc21. The van der Waals surface area contributed by atoms with Crippen molar-refractivity contribution >= 4 is 16.9 Å². The van der Waals surface area contributed by atoms with Crippen molar-refractivity contribution in [2.75, 3.05) is 32.8 Å². The molecule has 0 aliphatic carbocycles. The molecule has 0 radical (unpaired) electrons. The highest BCUT2D eigenvalue weighted by Crippen LogP contribution is 2.15. The number of nitrogens with zero attached hydrogens (tertiary/aromatic N) is 5. The predicted molar refractivity (Wildman–Crippen MR) is 107 cm³/mol. The van der Waals surface area contributed by atoms with Crippen LogP contribution in [0.2, 0.25) is 0 Å². The van der Waals surface area contributed by atoms with Gasteiger partial charge in [0, 0.05) is 26.7 Å². The van der Waals surface area contributed by atoms with Gasteiger partial charge >= 0.3 is 0 Å². The van der Waals surface area contributed by atoms with Gasteiger partial charge in [0.1, 0.15) is 18.3 Å². The number of hydrogen-bond acceptors (Lipinski definition) is 6. The van der Waals surface area contributed by atoms with E-state index in [-0.39, 0.29) is 24.1 Å². The van der Waals surface area contributed by atoms with Crippen LogP contribution in [0.15, 0.2) is 47.7 Å². The second-order valence-electron chi connectivity index (χ2n) is 7.13. The van der Waals surface area contributed by atoms with E-state index in [2.05, 4.69) is 20.3 Å². The molecule has 1 aliphatic rings. The first-order chi connectivity index (χ1) is 14.1. The Morgan fingerprint density at radius 2 is 2.00 bits per heavy atom. The Balaban J connectivity index is 1.50. The van der Waals surface area contributed by atoms with Gasteiger partial charge in [0.2, 0.25) is 5.91 Å². The van der Waals surface area contributed by atoms with Crippen LogP contribution in [0.3, 0.4) is 0 Å². The maximum atomic E-state index is 12.8. The highest BCUT2D eigenvalue weighted by atomic mass is 16.5. The summed E-state index contributed by atoms with van der Waals surface area (Å²) in [6.45, 7) is 3.65. The van der Waals surface area contributed by atoms with Crippen molar-refractivity contribution in [3.63, 3.8) is 0 Å². The first kappa shape index (κ1) is 19.3. The summed E-state index contributed by atoms with van der Waals surface area (Å²) in [5, 5.41) is 7.53. The van der Waals surface area contributed by atoms with Gasteiger partial charge in [-0.15, -0.1) is 0 Å². The largest absolute Gasteiger partial charge is 0.379 e. The van der Waals surface area contributed by atoms with Crippen molar-refractivity contribution < 1.29 is 9.53 Å². The monoisotopic (exact) mass is 396 g/mol. The zero-order valence-corrected chi connectivity index (χ0v) is 16.3. The fourth-order valence-electron chi connectivity index (χ4n) is 3.54. The molecule has 1 fully saturated rings. The molecule has 152 valence electrons. The quantitative estimate of drug-likeness (QED) is 0.645. The van der Waals surface area contributed by atoms with E-state index in [0.717, 1.165) is 18.7 Å². The molecule has 1 aromatic carbocycles. The maximum Gasteiger partial charge on any atom is 0.264 e. The van der Waals surface area contributed by atoms with Crippen molar-refractivity contribution in [1.29, 1.82) is 0 Å². The molecule has 2 aromatic heterocycles. The molecule has 1 saturated heterocycles. The molecule has 1 unspecified atom stereocenters. The van der Waals surface area contributed by atoms with E-state index in [4.69, 9.17) is 4.74 Å². The number of fused-ring (bicyclic) bond motifs is 1. The number of ether oxygens (including phenoxy) is 1. The van der Waals surface area contributed by atoms with Gasteiger partial charge in [0.05, 0.1) is 25.5 Å². The Morgan fingerprint density at radius 3 is 2.76 bits per heavy atom. The highest BCUT2D eigenvalue weighted by Gasteiger charge is 2.20. The second kappa shape index (κ2) is 8.54. The summed E-state index contributed by atoms with van der Waals surface area (Å²) in [6, 6.07) is 9.69. The normalized spacial score (nSPS) is 16.0. The molecule has 1 aliphatic heterocycles. The average Bonchev–Trinajstić information content (AvgIpc) is 3.12. The minimum Gasteiger partial charge on any atom is -0.379 e. The summed E-state index contributed by atoms with van der Waals surface area (Å²) >= 11 is 0. The summed E-state index contributed by atoms with van der Waals surface area (Å²) in [6.07, 6.45) is 2.87. The molecule has 1 N–H and O–H groups in total. The number of benzene rings is 1. The fourth-order valence-corrected chi connectivity index (χ4v) is 3.54. The number of morpholine rings is 1. The number of nitrogens with one attached hydrogen (secondary N) is 1. The molecular weight excluding hydrogens is 372 g/mol. The Morgan fingerprint density at radius 1 is 1.24 bits per heavy atom. The lowest BCUT2D eigenvalue weighted by Crippen LogP contribution is -2.44. The number of aromatic nitrogens is 4. The van der Waals surface area contributed by atoms with Crippen LogP contribution in [0.25, 0.3) is 11.0 Å². The van der Waals surface area contributed by atoms with Crippen LogP contribution in [-0.4, -0.2) is 63.0 Å². The fraction of sp³-hybridized carbons (Fsp3) is 0.400. The van der Waals surface area contributed by atoms with Crippen LogP contribution in [0.1, 0.15) is 11.6 Å². The summed E-state index contributed by atoms with van der Waals surface area (Å²) in [5.74, 6) is -0.237. The van der Waals surface area contributed by atoms with E-state index in [1.165, 1.54) is 21.8 Å². The number of hydrogen-bond donors (Lipinski definition) is 1. The number of carbonyl (C=O) groups excluding carboxylic acids is 1. The molecular formula is C20H24N6O3. The number of rotatable bonds is 6. The van der Waals surface area contributed by atoms with Gasteiger partial charge in [-0.1, -0.05) is 30.3 Å². The van der Waals surface area contributed by atoms with Crippen molar-refractivity contribution in [2.24, 2.45) is 7.05 Å². The third kappa shape index (κ3) is 4.36. The minimum absolute atomic E-state index is 0.0941. The van der Waals surface area contributed by atoms with E-state index in [1.807, 2.05) is 30.3 Å². The number of aryl methyl sites for hydroxylation is 1. The van der Waals surface area contributed by atoms with Gasteiger partial charge in [0.25, 0.3) is 5.56 Å². The van der Waals surface area contributed by atoms with Crippen molar-refractivity contribution in [2.45, 2.75) is 12.6 Å². The molecule has 9 nitrogen and oxygen atoms in total. The first-order valence-corrected chi connectivity index (χ1v) is 9.63. The molecule has 1 atom stereocenters. The molecule has 1 amide bonds. The van der Waals surface area contributed by atoms with E-state index in [0.29, 0.717) is 30.8 Å². The predicted octanol–water partition coefficient (Wildman–Crippen LogP) is 0.320. The maximum absolute atomic E-state index is 12.8. The second-order valence-corrected chi connectivity index (χ2v) is 7.13. The third-order valence-electron chi connectivity index (χ3n) is 5.11. The van der Waals surface area contributed by atoms with Gasteiger partial charge in [-0.3, -0.25) is 23.7 Å². The Labute approximate surface area is 167 Å². The Kier molecular flexibility index (Phi) is 5.68. The molecule has 0 bridgehead atoms. The van der Waals surface area contributed by atoms with Gasteiger partial charge in [-0.2, -0.15) is 5.10 Å². The minimum atomic E-state index is -0.275. The van der Waals surface area contributed by atoms with Crippen molar-refractivity contribution in [1.82, 2.24) is 29.5 Å². The summed E-state index contributed by atoms with van der Waals surface area (Å²) in [7, 11) is 1.72. The molecule has 3 aromatic rings. The average molecular weight is 396 g/mol.